The minimum atomic E-state index is -0.382. The molecule has 1 atom stereocenters. The molecule has 1 unspecified atom stereocenters. The van der Waals surface area contributed by atoms with Crippen LogP contribution in [0.15, 0.2) is 0 Å². The normalized spacial score (nSPS) is 32.6. The summed E-state index contributed by atoms with van der Waals surface area (Å²) in [5, 5.41) is 18.5. The molecule has 4 N–H and O–H groups in total. The maximum atomic E-state index is 9.25. The van der Waals surface area contributed by atoms with Crippen molar-refractivity contribution in [2.45, 2.75) is 63.6 Å². The van der Waals surface area contributed by atoms with Crippen LogP contribution in [-0.2, 0) is 0 Å². The molecule has 1 rings (SSSR count). The summed E-state index contributed by atoms with van der Waals surface area (Å²) in [5.41, 5.74) is 5.95. The highest BCUT2D eigenvalue weighted by atomic mass is 16.3. The summed E-state index contributed by atoms with van der Waals surface area (Å²) in [6.45, 7) is 9.53. The summed E-state index contributed by atoms with van der Waals surface area (Å²) < 4.78 is 0. The molecule has 4 heteroatoms. The summed E-state index contributed by atoms with van der Waals surface area (Å²) in [5.74, 6) is 0. The van der Waals surface area contributed by atoms with Gasteiger partial charge in [0.2, 0.25) is 0 Å². The molecule has 17 heavy (non-hydrogen) atoms. The lowest BCUT2D eigenvalue weighted by Gasteiger charge is -2.61. The summed E-state index contributed by atoms with van der Waals surface area (Å²) in [6, 6.07) is 0. The molecule has 0 aliphatic carbocycles. The van der Waals surface area contributed by atoms with Gasteiger partial charge in [-0.15, -0.1) is 0 Å². The molecular formula is C13H28N2O2. The van der Waals surface area contributed by atoms with Gasteiger partial charge in [-0.1, -0.05) is 0 Å². The van der Waals surface area contributed by atoms with E-state index >= 15 is 0 Å². The van der Waals surface area contributed by atoms with Crippen molar-refractivity contribution in [2.24, 2.45) is 5.73 Å². The first-order chi connectivity index (χ1) is 7.71. The number of hydrogen-bond acceptors (Lipinski definition) is 4. The smallest absolute Gasteiger partial charge is 0.0558 e. The number of rotatable bonds is 4. The zero-order valence-corrected chi connectivity index (χ0v) is 11.7. The highest BCUT2D eigenvalue weighted by Gasteiger charge is 2.53. The van der Waals surface area contributed by atoms with Gasteiger partial charge in [0.25, 0.3) is 0 Å². The van der Waals surface area contributed by atoms with Crippen LogP contribution in [0.5, 0.6) is 0 Å². The molecule has 0 spiro atoms. The van der Waals surface area contributed by atoms with Gasteiger partial charge in [0, 0.05) is 29.8 Å². The standard InChI is InChI=1S/C13H28N2O2/c1-11(2)5-6-13(14,7-9-16)12(3,4)15(11)8-10-17/h16-17H,5-10,14H2,1-4H3. The summed E-state index contributed by atoms with van der Waals surface area (Å²) >= 11 is 0. The number of nitrogens with zero attached hydrogens (tertiary/aromatic N) is 1. The molecule has 0 amide bonds. The number of likely N-dealkylation sites (tertiary alicyclic amines) is 1. The zero-order valence-electron chi connectivity index (χ0n) is 11.7. The predicted octanol–water partition coefficient (Wildman–Crippen LogP) is 0.712. The first-order valence-corrected chi connectivity index (χ1v) is 6.50. The molecular weight excluding hydrogens is 216 g/mol. The van der Waals surface area contributed by atoms with Crippen molar-refractivity contribution < 1.29 is 10.2 Å². The lowest BCUT2D eigenvalue weighted by Crippen LogP contribution is -2.74. The van der Waals surface area contributed by atoms with E-state index in [1.165, 1.54) is 0 Å². The van der Waals surface area contributed by atoms with Gasteiger partial charge >= 0.3 is 0 Å². The van der Waals surface area contributed by atoms with Gasteiger partial charge in [-0.05, 0) is 47.0 Å². The van der Waals surface area contributed by atoms with Crippen LogP contribution in [0.2, 0.25) is 0 Å². The predicted molar refractivity (Wildman–Crippen MR) is 69.8 cm³/mol. The highest BCUT2D eigenvalue weighted by molar-refractivity contribution is 5.12. The first kappa shape index (κ1) is 14.9. The Hall–Kier alpha value is -0.160. The molecule has 1 fully saturated rings. The average molecular weight is 244 g/mol. The van der Waals surface area contributed by atoms with Gasteiger partial charge in [0.05, 0.1) is 6.61 Å². The van der Waals surface area contributed by atoms with E-state index in [1.54, 1.807) is 0 Å². The maximum Gasteiger partial charge on any atom is 0.0558 e. The Bertz CT molecular complexity index is 266. The van der Waals surface area contributed by atoms with Crippen LogP contribution >= 0.6 is 0 Å². The Kier molecular flexibility index (Phi) is 4.24. The van der Waals surface area contributed by atoms with Gasteiger partial charge in [-0.25, -0.2) is 0 Å². The van der Waals surface area contributed by atoms with Crippen LogP contribution in [-0.4, -0.2) is 51.5 Å². The van der Waals surface area contributed by atoms with Crippen molar-refractivity contribution in [3.8, 4) is 0 Å². The number of hydrogen-bond donors (Lipinski definition) is 3. The van der Waals surface area contributed by atoms with Crippen LogP contribution in [0, 0.1) is 0 Å². The molecule has 0 saturated carbocycles. The quantitative estimate of drug-likeness (QED) is 0.681. The molecule has 0 aromatic heterocycles. The second-order valence-corrected chi connectivity index (χ2v) is 6.38. The largest absolute Gasteiger partial charge is 0.396 e. The average Bonchev–Trinajstić information content (AvgIpc) is 2.21. The summed E-state index contributed by atoms with van der Waals surface area (Å²) in [7, 11) is 0. The van der Waals surface area contributed by atoms with Crippen molar-refractivity contribution >= 4 is 0 Å². The van der Waals surface area contributed by atoms with E-state index < -0.39 is 0 Å². The molecule has 0 aromatic rings. The Morgan fingerprint density at radius 3 is 2.12 bits per heavy atom. The highest BCUT2D eigenvalue weighted by Crippen LogP contribution is 2.44. The third kappa shape index (κ3) is 2.50. The summed E-state index contributed by atoms with van der Waals surface area (Å²) in [4.78, 5) is 2.29. The molecule has 1 aliphatic heterocycles. The topological polar surface area (TPSA) is 69.7 Å². The third-order valence-electron chi connectivity index (χ3n) is 4.69. The van der Waals surface area contributed by atoms with Gasteiger partial charge in [-0.3, -0.25) is 4.90 Å². The van der Waals surface area contributed by atoms with Crippen LogP contribution in [0.3, 0.4) is 0 Å². The van der Waals surface area contributed by atoms with E-state index in [0.717, 1.165) is 12.8 Å². The second-order valence-electron chi connectivity index (χ2n) is 6.38. The van der Waals surface area contributed by atoms with Gasteiger partial charge in [-0.2, -0.15) is 0 Å². The first-order valence-electron chi connectivity index (χ1n) is 6.50. The van der Waals surface area contributed by atoms with Gasteiger partial charge in [0.15, 0.2) is 0 Å². The fraction of sp³-hybridized carbons (Fsp3) is 1.00. The number of aliphatic hydroxyl groups excluding tert-OH is 2. The molecule has 4 nitrogen and oxygen atoms in total. The van der Waals surface area contributed by atoms with E-state index in [0.29, 0.717) is 13.0 Å². The lowest BCUT2D eigenvalue weighted by atomic mass is 9.66. The molecule has 102 valence electrons. The van der Waals surface area contributed by atoms with E-state index in [2.05, 4.69) is 32.6 Å². The van der Waals surface area contributed by atoms with Gasteiger partial charge in [0.1, 0.15) is 0 Å². The van der Waals surface area contributed by atoms with Crippen molar-refractivity contribution in [1.82, 2.24) is 4.90 Å². The van der Waals surface area contributed by atoms with Crippen molar-refractivity contribution in [3.05, 3.63) is 0 Å². The van der Waals surface area contributed by atoms with Crippen LogP contribution in [0.4, 0.5) is 0 Å². The zero-order chi connectivity index (χ0) is 13.3. The van der Waals surface area contributed by atoms with Crippen molar-refractivity contribution in [1.29, 1.82) is 0 Å². The van der Waals surface area contributed by atoms with Crippen molar-refractivity contribution in [2.75, 3.05) is 19.8 Å². The molecule has 1 saturated heterocycles. The Balaban J connectivity index is 3.04. The molecule has 0 radical (unpaired) electrons. The van der Waals surface area contributed by atoms with Gasteiger partial charge < -0.3 is 15.9 Å². The molecule has 1 aliphatic rings. The number of nitrogens with two attached hydrogens (primary N) is 1. The maximum absolute atomic E-state index is 9.25. The Morgan fingerprint density at radius 2 is 1.65 bits per heavy atom. The fourth-order valence-electron chi connectivity index (χ4n) is 3.31. The van der Waals surface area contributed by atoms with E-state index in [9.17, 15) is 10.2 Å². The molecule has 0 bridgehead atoms. The monoisotopic (exact) mass is 244 g/mol. The molecule has 0 aromatic carbocycles. The Morgan fingerprint density at radius 1 is 1.06 bits per heavy atom. The second kappa shape index (κ2) is 4.84. The number of piperidine rings is 1. The SMILES string of the molecule is CC1(C)CCC(N)(CCO)C(C)(C)N1CCO. The van der Waals surface area contributed by atoms with E-state index in [-0.39, 0.29) is 29.8 Å². The van der Waals surface area contributed by atoms with E-state index in [1.807, 2.05) is 0 Å². The minimum absolute atomic E-state index is 0.0462. The van der Waals surface area contributed by atoms with E-state index in [4.69, 9.17) is 5.73 Å². The van der Waals surface area contributed by atoms with Crippen LogP contribution < -0.4 is 5.73 Å². The number of β-amino-alcohol motifs (C(OH)–C–C–N with tert-alkyl or cyclic N) is 1. The number of aliphatic hydroxyl groups is 2. The van der Waals surface area contributed by atoms with Crippen molar-refractivity contribution in [3.63, 3.8) is 0 Å². The van der Waals surface area contributed by atoms with Crippen LogP contribution in [0.1, 0.15) is 47.0 Å². The third-order valence-corrected chi connectivity index (χ3v) is 4.69. The molecule has 1 heterocycles. The summed E-state index contributed by atoms with van der Waals surface area (Å²) in [6.07, 6.45) is 2.51. The van der Waals surface area contributed by atoms with Crippen LogP contribution in [0.25, 0.3) is 0 Å². The Labute approximate surface area is 105 Å². The lowest BCUT2D eigenvalue weighted by molar-refractivity contribution is -0.0897. The minimum Gasteiger partial charge on any atom is -0.396 e. The fourth-order valence-corrected chi connectivity index (χ4v) is 3.31.